The minimum atomic E-state index is -0.387. The number of dihydropyridines is 1. The van der Waals surface area contributed by atoms with Gasteiger partial charge in [0.05, 0.1) is 6.61 Å². The predicted molar refractivity (Wildman–Crippen MR) is 125 cm³/mol. The number of rotatable bonds is 5. The average Bonchev–Trinajstić information content (AvgIpc) is 3.31. The molecule has 1 aromatic carbocycles. The lowest BCUT2D eigenvalue weighted by molar-refractivity contribution is -0.123. The molecule has 31 heavy (non-hydrogen) atoms. The molecule has 3 heterocycles. The second-order valence-corrected chi connectivity index (χ2v) is 9.88. The SMILES string of the molecule is CC1=CC(C(=O)NC(C)(C)C)NC(c2ccc3[nH]c(CN4CCC[C@@H]4CO)cc3c2)=C1. The maximum absolute atomic E-state index is 12.7. The van der Waals surface area contributed by atoms with E-state index in [-0.39, 0.29) is 30.1 Å². The molecule has 166 valence electrons. The summed E-state index contributed by atoms with van der Waals surface area (Å²) in [5.74, 6) is -0.0218. The van der Waals surface area contributed by atoms with Gasteiger partial charge in [-0.05, 0) is 83.0 Å². The Balaban J connectivity index is 1.53. The number of carbonyl (C=O) groups excluding carboxylic acids is 1. The third-order valence-corrected chi connectivity index (χ3v) is 5.96. The van der Waals surface area contributed by atoms with E-state index in [1.807, 2.05) is 33.8 Å². The second-order valence-electron chi connectivity index (χ2n) is 9.88. The molecule has 4 N–H and O–H groups in total. The lowest BCUT2D eigenvalue weighted by atomic mass is 10.0. The molecule has 2 aliphatic heterocycles. The number of aliphatic hydroxyl groups is 1. The molecule has 6 heteroatoms. The first-order valence-electron chi connectivity index (χ1n) is 11.2. The summed E-state index contributed by atoms with van der Waals surface area (Å²) in [4.78, 5) is 18.6. The molecule has 1 saturated heterocycles. The number of hydrogen-bond donors (Lipinski definition) is 4. The smallest absolute Gasteiger partial charge is 0.246 e. The van der Waals surface area contributed by atoms with Crippen molar-refractivity contribution in [2.45, 2.75) is 64.7 Å². The van der Waals surface area contributed by atoms with Gasteiger partial charge < -0.3 is 20.7 Å². The Bertz CT molecular complexity index is 1030. The van der Waals surface area contributed by atoms with Gasteiger partial charge in [0, 0.05) is 40.4 Å². The summed E-state index contributed by atoms with van der Waals surface area (Å²) in [7, 11) is 0. The third kappa shape index (κ3) is 5.02. The summed E-state index contributed by atoms with van der Waals surface area (Å²) < 4.78 is 0. The molecule has 2 atom stereocenters. The molecule has 1 unspecified atom stereocenters. The van der Waals surface area contributed by atoms with Crippen LogP contribution >= 0.6 is 0 Å². The van der Waals surface area contributed by atoms with Crippen LogP contribution in [-0.4, -0.2) is 51.7 Å². The number of amides is 1. The molecule has 2 aliphatic rings. The van der Waals surface area contributed by atoms with Crippen LogP contribution in [0.3, 0.4) is 0 Å². The van der Waals surface area contributed by atoms with E-state index in [4.69, 9.17) is 0 Å². The van der Waals surface area contributed by atoms with Crippen LogP contribution in [0.5, 0.6) is 0 Å². The highest BCUT2D eigenvalue weighted by Gasteiger charge is 2.25. The summed E-state index contributed by atoms with van der Waals surface area (Å²) in [6, 6.07) is 8.43. The van der Waals surface area contributed by atoms with Gasteiger partial charge in [-0.3, -0.25) is 9.69 Å². The van der Waals surface area contributed by atoms with Crippen molar-refractivity contribution in [2.24, 2.45) is 0 Å². The molecule has 0 radical (unpaired) electrons. The van der Waals surface area contributed by atoms with E-state index in [0.717, 1.165) is 59.4 Å². The fraction of sp³-hybridized carbons (Fsp3) is 0.480. The van der Waals surface area contributed by atoms with Gasteiger partial charge in [-0.2, -0.15) is 0 Å². The van der Waals surface area contributed by atoms with Crippen LogP contribution in [0.4, 0.5) is 0 Å². The summed E-state index contributed by atoms with van der Waals surface area (Å²) >= 11 is 0. The first kappa shape index (κ1) is 21.7. The maximum Gasteiger partial charge on any atom is 0.246 e. The Labute approximate surface area is 184 Å². The van der Waals surface area contributed by atoms with E-state index in [1.54, 1.807) is 0 Å². The molecule has 0 aliphatic carbocycles. The number of H-pyrrole nitrogens is 1. The number of nitrogens with zero attached hydrogens (tertiary/aromatic N) is 1. The first-order chi connectivity index (χ1) is 14.7. The highest BCUT2D eigenvalue weighted by Crippen LogP contribution is 2.26. The number of aliphatic hydroxyl groups excluding tert-OH is 1. The first-order valence-corrected chi connectivity index (χ1v) is 11.2. The third-order valence-electron chi connectivity index (χ3n) is 5.96. The van der Waals surface area contributed by atoms with E-state index in [1.165, 1.54) is 0 Å². The fourth-order valence-corrected chi connectivity index (χ4v) is 4.52. The molecule has 0 bridgehead atoms. The fourth-order valence-electron chi connectivity index (χ4n) is 4.52. The number of nitrogens with one attached hydrogen (secondary N) is 3. The molecule has 2 aromatic rings. The van der Waals surface area contributed by atoms with Crippen molar-refractivity contribution in [1.29, 1.82) is 0 Å². The van der Waals surface area contributed by atoms with Gasteiger partial charge in [-0.1, -0.05) is 11.6 Å². The standard InChI is InChI=1S/C25H34N4O2/c1-16-10-22(27-23(11-16)24(31)28-25(2,3)4)17-7-8-21-18(12-17)13-19(26-21)14-29-9-5-6-20(29)15-30/h7-8,10-13,20,23,26-27,30H,5-6,9,14-15H2,1-4H3,(H,28,31)/t20-,23?/m1/s1. The Morgan fingerprint density at radius 1 is 1.29 bits per heavy atom. The van der Waals surface area contributed by atoms with E-state index in [2.05, 4.69) is 50.9 Å². The molecular weight excluding hydrogens is 388 g/mol. The lowest BCUT2D eigenvalue weighted by Crippen LogP contribution is -2.50. The minimum absolute atomic E-state index is 0.0218. The van der Waals surface area contributed by atoms with Crippen LogP contribution < -0.4 is 10.6 Å². The summed E-state index contributed by atoms with van der Waals surface area (Å²) in [6.07, 6.45) is 6.26. The van der Waals surface area contributed by atoms with Crippen molar-refractivity contribution in [1.82, 2.24) is 20.5 Å². The van der Waals surface area contributed by atoms with E-state index < -0.39 is 0 Å². The molecule has 0 spiro atoms. The maximum atomic E-state index is 12.7. The zero-order chi connectivity index (χ0) is 22.2. The zero-order valence-electron chi connectivity index (χ0n) is 19.0. The topological polar surface area (TPSA) is 80.4 Å². The quantitative estimate of drug-likeness (QED) is 0.596. The molecule has 1 amide bonds. The second kappa shape index (κ2) is 8.52. The lowest BCUT2D eigenvalue weighted by Gasteiger charge is -2.27. The van der Waals surface area contributed by atoms with Crippen LogP contribution in [-0.2, 0) is 11.3 Å². The summed E-state index contributed by atoms with van der Waals surface area (Å²) in [5.41, 5.74) is 5.08. The summed E-state index contributed by atoms with van der Waals surface area (Å²) in [6.45, 7) is 10.1. The van der Waals surface area contributed by atoms with Crippen molar-refractivity contribution in [3.05, 3.63) is 53.2 Å². The minimum Gasteiger partial charge on any atom is -0.395 e. The zero-order valence-corrected chi connectivity index (χ0v) is 19.0. The predicted octanol–water partition coefficient (Wildman–Crippen LogP) is 3.30. The van der Waals surface area contributed by atoms with E-state index in [9.17, 15) is 9.90 Å². The van der Waals surface area contributed by atoms with Gasteiger partial charge in [-0.15, -0.1) is 0 Å². The Kier molecular flexibility index (Phi) is 5.95. The van der Waals surface area contributed by atoms with Crippen LogP contribution in [0.25, 0.3) is 16.6 Å². The molecule has 1 aromatic heterocycles. The van der Waals surface area contributed by atoms with E-state index in [0.29, 0.717) is 0 Å². The van der Waals surface area contributed by atoms with Gasteiger partial charge >= 0.3 is 0 Å². The van der Waals surface area contributed by atoms with Crippen molar-refractivity contribution in [2.75, 3.05) is 13.2 Å². The number of hydrogen-bond acceptors (Lipinski definition) is 4. The highest BCUT2D eigenvalue weighted by atomic mass is 16.3. The number of benzene rings is 1. The average molecular weight is 423 g/mol. The van der Waals surface area contributed by atoms with Crippen molar-refractivity contribution >= 4 is 22.5 Å². The number of likely N-dealkylation sites (tertiary alicyclic amines) is 1. The highest BCUT2D eigenvalue weighted by molar-refractivity contribution is 5.90. The van der Waals surface area contributed by atoms with Crippen LogP contribution in [0.2, 0.25) is 0 Å². The normalized spacial score (nSPS) is 22.2. The van der Waals surface area contributed by atoms with Crippen molar-refractivity contribution in [3.63, 3.8) is 0 Å². The van der Waals surface area contributed by atoms with Crippen LogP contribution in [0.15, 0.2) is 42.0 Å². The van der Waals surface area contributed by atoms with Crippen molar-refractivity contribution in [3.8, 4) is 0 Å². The molecule has 1 fully saturated rings. The summed E-state index contributed by atoms with van der Waals surface area (Å²) in [5, 5.41) is 17.2. The molecule has 4 rings (SSSR count). The molecule has 6 nitrogen and oxygen atoms in total. The van der Waals surface area contributed by atoms with Crippen LogP contribution in [0, 0.1) is 0 Å². The van der Waals surface area contributed by atoms with Gasteiger partial charge in [0.2, 0.25) is 5.91 Å². The van der Waals surface area contributed by atoms with Gasteiger partial charge in [0.25, 0.3) is 0 Å². The monoisotopic (exact) mass is 422 g/mol. The molecular formula is C25H34N4O2. The Hall–Kier alpha value is -2.57. The molecule has 0 saturated carbocycles. The largest absolute Gasteiger partial charge is 0.395 e. The van der Waals surface area contributed by atoms with Gasteiger partial charge in [-0.25, -0.2) is 0 Å². The number of carbonyl (C=O) groups is 1. The van der Waals surface area contributed by atoms with Crippen molar-refractivity contribution < 1.29 is 9.90 Å². The van der Waals surface area contributed by atoms with Crippen LogP contribution in [0.1, 0.15) is 51.8 Å². The van der Waals surface area contributed by atoms with Gasteiger partial charge in [0.15, 0.2) is 0 Å². The Morgan fingerprint density at radius 2 is 2.10 bits per heavy atom. The van der Waals surface area contributed by atoms with E-state index >= 15 is 0 Å². The van der Waals surface area contributed by atoms with Gasteiger partial charge in [0.1, 0.15) is 6.04 Å². The number of fused-ring (bicyclic) bond motifs is 1. The number of aromatic nitrogens is 1. The Morgan fingerprint density at radius 3 is 2.84 bits per heavy atom. The number of allylic oxidation sites excluding steroid dienone is 2. The number of aromatic amines is 1.